The van der Waals surface area contributed by atoms with Gasteiger partial charge < -0.3 is 15.4 Å². The third-order valence-corrected chi connectivity index (χ3v) is 6.25. The van der Waals surface area contributed by atoms with Crippen LogP contribution in [0.2, 0.25) is 0 Å². The first kappa shape index (κ1) is 21.8. The summed E-state index contributed by atoms with van der Waals surface area (Å²) in [6, 6.07) is 12.9. The predicted molar refractivity (Wildman–Crippen MR) is 112 cm³/mol. The van der Waals surface area contributed by atoms with Crippen molar-refractivity contribution in [2.75, 3.05) is 14.2 Å². The van der Waals surface area contributed by atoms with E-state index in [1.807, 2.05) is 30.3 Å². The van der Waals surface area contributed by atoms with Crippen LogP contribution in [0.3, 0.4) is 0 Å². The molecule has 30 heavy (non-hydrogen) atoms. The number of hydrogen-bond donors (Lipinski definition) is 3. The lowest BCUT2D eigenvalue weighted by atomic mass is 10.0. The number of amides is 2. The van der Waals surface area contributed by atoms with E-state index in [1.165, 1.54) is 32.4 Å². The second-order valence-corrected chi connectivity index (χ2v) is 8.93. The standard InChI is InChI=1S/C21H25N3O5S/c1-22-30(27,28)19-13-15(8-11-18(19)29-2)20(25)24-17(21(26)23-16-9-10-16)12-14-6-4-3-5-7-14/h3-8,11,13,16-17,22H,9-10,12H2,1-2H3,(H,23,26)(H,24,25). The van der Waals surface area contributed by atoms with Crippen molar-refractivity contribution in [2.45, 2.75) is 36.2 Å². The van der Waals surface area contributed by atoms with Gasteiger partial charge in [-0.1, -0.05) is 30.3 Å². The van der Waals surface area contributed by atoms with Crippen molar-refractivity contribution in [3.63, 3.8) is 0 Å². The van der Waals surface area contributed by atoms with Crippen molar-refractivity contribution in [2.24, 2.45) is 0 Å². The smallest absolute Gasteiger partial charge is 0.251 e. The van der Waals surface area contributed by atoms with Crippen LogP contribution in [0.4, 0.5) is 0 Å². The number of hydrogen-bond acceptors (Lipinski definition) is 5. The molecule has 0 spiro atoms. The number of ether oxygens (including phenoxy) is 1. The molecule has 160 valence electrons. The minimum absolute atomic E-state index is 0.113. The van der Waals surface area contributed by atoms with Crippen molar-refractivity contribution in [3.05, 3.63) is 59.7 Å². The lowest BCUT2D eigenvalue weighted by Gasteiger charge is -2.19. The molecule has 1 fully saturated rings. The quantitative estimate of drug-likeness (QED) is 0.553. The van der Waals surface area contributed by atoms with E-state index in [9.17, 15) is 18.0 Å². The van der Waals surface area contributed by atoms with Crippen LogP contribution in [0.15, 0.2) is 53.4 Å². The number of nitrogens with one attached hydrogen (secondary N) is 3. The molecule has 0 radical (unpaired) electrons. The van der Waals surface area contributed by atoms with Crippen LogP contribution in [0, 0.1) is 0 Å². The van der Waals surface area contributed by atoms with Crippen LogP contribution in [0.5, 0.6) is 5.75 Å². The molecule has 2 amide bonds. The Labute approximate surface area is 176 Å². The molecular weight excluding hydrogens is 406 g/mol. The Morgan fingerprint density at radius 2 is 1.83 bits per heavy atom. The number of sulfonamides is 1. The first-order valence-electron chi connectivity index (χ1n) is 9.61. The average molecular weight is 432 g/mol. The van der Waals surface area contributed by atoms with Crippen molar-refractivity contribution in [3.8, 4) is 5.75 Å². The Morgan fingerprint density at radius 3 is 2.43 bits per heavy atom. The molecule has 2 aromatic rings. The third-order valence-electron chi connectivity index (χ3n) is 4.81. The fourth-order valence-corrected chi connectivity index (χ4v) is 3.89. The second kappa shape index (κ2) is 9.27. The summed E-state index contributed by atoms with van der Waals surface area (Å²) in [5, 5.41) is 5.66. The number of carbonyl (C=O) groups is 2. The van der Waals surface area contributed by atoms with Gasteiger partial charge in [0, 0.05) is 18.0 Å². The molecule has 9 heteroatoms. The van der Waals surface area contributed by atoms with E-state index in [-0.39, 0.29) is 28.2 Å². The van der Waals surface area contributed by atoms with Gasteiger partial charge in [-0.05, 0) is 43.7 Å². The van der Waals surface area contributed by atoms with Gasteiger partial charge in [0.15, 0.2) is 0 Å². The molecule has 1 saturated carbocycles. The number of benzene rings is 2. The summed E-state index contributed by atoms with van der Waals surface area (Å²) >= 11 is 0. The maximum atomic E-state index is 12.9. The second-order valence-electron chi connectivity index (χ2n) is 7.07. The Kier molecular flexibility index (Phi) is 6.73. The monoisotopic (exact) mass is 431 g/mol. The highest BCUT2D eigenvalue weighted by Crippen LogP contribution is 2.25. The summed E-state index contributed by atoms with van der Waals surface area (Å²) in [5.74, 6) is -0.684. The van der Waals surface area contributed by atoms with Crippen LogP contribution in [0.25, 0.3) is 0 Å². The van der Waals surface area contributed by atoms with Crippen LogP contribution in [-0.2, 0) is 21.2 Å². The number of methoxy groups -OCH3 is 1. The number of carbonyl (C=O) groups excluding carboxylic acids is 2. The van der Waals surface area contributed by atoms with Gasteiger partial charge in [-0.15, -0.1) is 0 Å². The summed E-state index contributed by atoms with van der Waals surface area (Å²) in [5.41, 5.74) is 1.02. The fraction of sp³-hybridized carbons (Fsp3) is 0.333. The summed E-state index contributed by atoms with van der Waals surface area (Å²) in [7, 11) is -1.21. The Morgan fingerprint density at radius 1 is 1.13 bits per heavy atom. The van der Waals surface area contributed by atoms with Crippen LogP contribution >= 0.6 is 0 Å². The first-order valence-corrected chi connectivity index (χ1v) is 11.1. The van der Waals surface area contributed by atoms with E-state index < -0.39 is 22.0 Å². The Bertz CT molecular complexity index is 1020. The van der Waals surface area contributed by atoms with Gasteiger partial charge in [0.05, 0.1) is 7.11 Å². The zero-order valence-electron chi connectivity index (χ0n) is 16.8. The molecule has 1 aliphatic carbocycles. The zero-order valence-corrected chi connectivity index (χ0v) is 17.7. The molecule has 3 rings (SSSR count). The summed E-state index contributed by atoms with van der Waals surface area (Å²) < 4.78 is 31.9. The fourth-order valence-electron chi connectivity index (χ4n) is 2.97. The Balaban J connectivity index is 1.84. The summed E-state index contributed by atoms with van der Waals surface area (Å²) in [6.07, 6.45) is 2.19. The third kappa shape index (κ3) is 5.37. The first-order chi connectivity index (χ1) is 14.3. The van der Waals surface area contributed by atoms with Gasteiger partial charge in [0.2, 0.25) is 15.9 Å². The lowest BCUT2D eigenvalue weighted by molar-refractivity contribution is -0.123. The molecule has 1 aliphatic rings. The molecule has 0 aromatic heterocycles. The van der Waals surface area contributed by atoms with Crippen LogP contribution in [-0.4, -0.2) is 46.5 Å². The molecule has 0 saturated heterocycles. The topological polar surface area (TPSA) is 114 Å². The highest BCUT2D eigenvalue weighted by atomic mass is 32.2. The summed E-state index contributed by atoms with van der Waals surface area (Å²) in [6.45, 7) is 0. The summed E-state index contributed by atoms with van der Waals surface area (Å²) in [4.78, 5) is 25.4. The van der Waals surface area contributed by atoms with Crippen molar-refractivity contribution in [1.29, 1.82) is 0 Å². The van der Waals surface area contributed by atoms with E-state index >= 15 is 0 Å². The maximum Gasteiger partial charge on any atom is 0.251 e. The van der Waals surface area contributed by atoms with Gasteiger partial charge in [0.25, 0.3) is 5.91 Å². The molecule has 0 bridgehead atoms. The molecule has 8 nitrogen and oxygen atoms in total. The maximum absolute atomic E-state index is 12.9. The van der Waals surface area contributed by atoms with Gasteiger partial charge in [0.1, 0.15) is 16.7 Å². The molecule has 1 atom stereocenters. The highest BCUT2D eigenvalue weighted by Gasteiger charge is 2.29. The minimum atomic E-state index is -3.83. The zero-order chi connectivity index (χ0) is 21.7. The largest absolute Gasteiger partial charge is 0.495 e. The van der Waals surface area contributed by atoms with Crippen LogP contribution < -0.4 is 20.1 Å². The average Bonchev–Trinajstić information content (AvgIpc) is 3.57. The molecule has 2 aromatic carbocycles. The SMILES string of the molecule is CNS(=O)(=O)c1cc(C(=O)NC(Cc2ccccc2)C(=O)NC2CC2)ccc1OC. The van der Waals surface area contributed by atoms with Gasteiger partial charge in [-0.25, -0.2) is 13.1 Å². The van der Waals surface area contributed by atoms with Crippen LogP contribution in [0.1, 0.15) is 28.8 Å². The highest BCUT2D eigenvalue weighted by molar-refractivity contribution is 7.89. The lowest BCUT2D eigenvalue weighted by Crippen LogP contribution is -2.48. The normalized spacial score (nSPS) is 14.6. The number of rotatable bonds is 9. The van der Waals surface area contributed by atoms with E-state index in [4.69, 9.17) is 4.74 Å². The van der Waals surface area contributed by atoms with Crippen molar-refractivity contribution in [1.82, 2.24) is 15.4 Å². The molecule has 0 heterocycles. The Hall–Kier alpha value is -2.91. The molecule has 1 unspecified atom stereocenters. The predicted octanol–water partition coefficient (Wildman–Crippen LogP) is 1.22. The van der Waals surface area contributed by atoms with Gasteiger partial charge in [-0.2, -0.15) is 0 Å². The van der Waals surface area contributed by atoms with Crippen molar-refractivity contribution >= 4 is 21.8 Å². The van der Waals surface area contributed by atoms with E-state index in [0.717, 1.165) is 18.4 Å². The van der Waals surface area contributed by atoms with E-state index in [2.05, 4.69) is 15.4 Å². The minimum Gasteiger partial charge on any atom is -0.495 e. The van der Waals surface area contributed by atoms with E-state index in [0.29, 0.717) is 6.42 Å². The van der Waals surface area contributed by atoms with E-state index in [1.54, 1.807) is 0 Å². The molecule has 0 aliphatic heterocycles. The molecule has 3 N–H and O–H groups in total. The van der Waals surface area contributed by atoms with Gasteiger partial charge in [-0.3, -0.25) is 9.59 Å². The van der Waals surface area contributed by atoms with Crippen molar-refractivity contribution < 1.29 is 22.7 Å². The molecular formula is C21H25N3O5S. The van der Waals surface area contributed by atoms with Gasteiger partial charge >= 0.3 is 0 Å².